The summed E-state index contributed by atoms with van der Waals surface area (Å²) in [5.74, 6) is -0.382. The summed E-state index contributed by atoms with van der Waals surface area (Å²) >= 11 is 5.31. The smallest absolute Gasteiger partial charge is 0.288 e. The second-order valence-electron chi connectivity index (χ2n) is 7.72. The number of anilines is 1. The summed E-state index contributed by atoms with van der Waals surface area (Å²) in [6, 6.07) is 27.4. The van der Waals surface area contributed by atoms with Crippen molar-refractivity contribution in [3.63, 3.8) is 0 Å². The molecular weight excluding hydrogens is 430 g/mol. The molecule has 162 valence electrons. The molecule has 1 amide bonds. The van der Waals surface area contributed by atoms with E-state index in [-0.39, 0.29) is 16.7 Å². The fourth-order valence-electron chi connectivity index (χ4n) is 3.83. The summed E-state index contributed by atoms with van der Waals surface area (Å²) in [6.07, 6.45) is 0. The molecule has 5 rings (SSSR count). The normalized spacial score (nSPS) is 10.8. The Kier molecular flexibility index (Phi) is 5.46. The summed E-state index contributed by atoms with van der Waals surface area (Å²) in [5, 5.41) is 5.31. The molecule has 2 heterocycles. The van der Waals surface area contributed by atoms with Crippen molar-refractivity contribution >= 4 is 50.7 Å². The van der Waals surface area contributed by atoms with Crippen LogP contribution in [0.2, 0.25) is 0 Å². The summed E-state index contributed by atoms with van der Waals surface area (Å²) in [7, 11) is 0. The zero-order valence-electron chi connectivity index (χ0n) is 17.8. The van der Waals surface area contributed by atoms with E-state index in [0.717, 1.165) is 44.3 Å². The Bertz CT molecular complexity index is 1490. The Morgan fingerprint density at radius 2 is 1.67 bits per heavy atom. The zero-order chi connectivity index (χ0) is 22.8. The topological polar surface area (TPSA) is 81.8 Å². The predicted octanol–water partition coefficient (Wildman–Crippen LogP) is 5.32. The maximum Gasteiger partial charge on any atom is 0.288 e. The largest absolute Gasteiger partial charge is 0.353 e. The van der Waals surface area contributed by atoms with Gasteiger partial charge < -0.3 is 10.3 Å². The van der Waals surface area contributed by atoms with E-state index >= 15 is 0 Å². The van der Waals surface area contributed by atoms with Gasteiger partial charge in [-0.05, 0) is 49.0 Å². The number of thiocarbonyl (C=S) groups is 1. The van der Waals surface area contributed by atoms with Gasteiger partial charge in [0.2, 0.25) is 0 Å². The Morgan fingerprint density at radius 1 is 0.879 bits per heavy atom. The minimum absolute atomic E-state index is 0.283. The first-order chi connectivity index (χ1) is 16.1. The van der Waals surface area contributed by atoms with Crippen LogP contribution in [0.4, 0.5) is 5.69 Å². The Hall–Kier alpha value is -4.23. The molecule has 6 nitrogen and oxygen atoms in total. The fraction of sp³-hybridized carbons (Fsp3) is 0.0385. The SMILES string of the molecule is Cc1cccc(NC(=S)NNC(=O)c2cc3c([nH]c4ccccc43)c(-c3ccccc3)n2)c1. The number of pyridine rings is 1. The molecular formula is C26H21N5OS. The van der Waals surface area contributed by atoms with Gasteiger partial charge in [0, 0.05) is 27.5 Å². The van der Waals surface area contributed by atoms with Crippen molar-refractivity contribution in [3.8, 4) is 11.3 Å². The van der Waals surface area contributed by atoms with Crippen LogP contribution >= 0.6 is 12.2 Å². The molecule has 2 aromatic heterocycles. The van der Waals surface area contributed by atoms with Crippen LogP contribution in [-0.4, -0.2) is 21.0 Å². The molecule has 5 aromatic rings. The maximum atomic E-state index is 13.0. The number of carbonyl (C=O) groups excluding carboxylic acids is 1. The number of amides is 1. The highest BCUT2D eigenvalue weighted by atomic mass is 32.1. The van der Waals surface area contributed by atoms with Gasteiger partial charge in [-0.15, -0.1) is 0 Å². The van der Waals surface area contributed by atoms with Gasteiger partial charge in [0.05, 0.1) is 11.2 Å². The minimum atomic E-state index is -0.382. The standard InChI is InChI=1S/C26H21N5OS/c1-16-8-7-11-18(14-16)27-26(33)31-30-25(32)22-15-20-19-12-5-6-13-21(19)28-24(20)23(29-22)17-9-3-2-4-10-17/h2-15,28H,1H3,(H,30,32)(H2,27,31,33). The van der Waals surface area contributed by atoms with Crippen molar-refractivity contribution in [1.82, 2.24) is 20.8 Å². The van der Waals surface area contributed by atoms with Crippen molar-refractivity contribution < 1.29 is 4.79 Å². The Morgan fingerprint density at radius 3 is 2.48 bits per heavy atom. The molecule has 0 radical (unpaired) electrons. The van der Waals surface area contributed by atoms with Gasteiger partial charge >= 0.3 is 0 Å². The molecule has 0 spiro atoms. The number of nitrogens with zero attached hydrogens (tertiary/aromatic N) is 1. The van der Waals surface area contributed by atoms with E-state index in [1.807, 2.05) is 85.8 Å². The monoisotopic (exact) mass is 451 g/mol. The number of aryl methyl sites for hydroxylation is 1. The quantitative estimate of drug-likeness (QED) is 0.220. The number of aromatic nitrogens is 2. The molecule has 33 heavy (non-hydrogen) atoms. The van der Waals surface area contributed by atoms with Gasteiger partial charge in [0.25, 0.3) is 5.91 Å². The lowest BCUT2D eigenvalue weighted by Gasteiger charge is -2.12. The highest BCUT2D eigenvalue weighted by Gasteiger charge is 2.17. The number of hydrogen-bond donors (Lipinski definition) is 4. The van der Waals surface area contributed by atoms with Gasteiger partial charge in [-0.3, -0.25) is 15.6 Å². The van der Waals surface area contributed by atoms with Crippen LogP contribution in [0.15, 0.2) is 84.9 Å². The summed E-state index contributed by atoms with van der Waals surface area (Å²) in [6.45, 7) is 2.00. The van der Waals surface area contributed by atoms with E-state index in [0.29, 0.717) is 0 Å². The van der Waals surface area contributed by atoms with E-state index in [1.165, 1.54) is 0 Å². The number of hydrazine groups is 1. The molecule has 4 N–H and O–H groups in total. The van der Waals surface area contributed by atoms with Crippen molar-refractivity contribution in [2.24, 2.45) is 0 Å². The average Bonchev–Trinajstić information content (AvgIpc) is 3.21. The number of H-pyrrole nitrogens is 1. The summed E-state index contributed by atoms with van der Waals surface area (Å²) < 4.78 is 0. The van der Waals surface area contributed by atoms with E-state index in [1.54, 1.807) is 6.07 Å². The minimum Gasteiger partial charge on any atom is -0.353 e. The number of hydrogen-bond acceptors (Lipinski definition) is 3. The van der Waals surface area contributed by atoms with E-state index in [4.69, 9.17) is 17.2 Å². The lowest BCUT2D eigenvalue weighted by atomic mass is 10.1. The molecule has 0 unspecified atom stereocenters. The van der Waals surface area contributed by atoms with E-state index in [2.05, 4.69) is 21.2 Å². The molecule has 3 aromatic carbocycles. The number of nitrogens with one attached hydrogen (secondary N) is 4. The molecule has 0 fully saturated rings. The van der Waals surface area contributed by atoms with Crippen molar-refractivity contribution in [2.45, 2.75) is 6.92 Å². The maximum absolute atomic E-state index is 13.0. The number of fused-ring (bicyclic) bond motifs is 3. The van der Waals surface area contributed by atoms with Crippen LogP contribution < -0.4 is 16.2 Å². The predicted molar refractivity (Wildman–Crippen MR) is 137 cm³/mol. The van der Waals surface area contributed by atoms with Gasteiger partial charge in [-0.1, -0.05) is 60.7 Å². The second kappa shape index (κ2) is 8.72. The number of benzene rings is 3. The molecule has 0 aliphatic rings. The van der Waals surface area contributed by atoms with Crippen LogP contribution in [0.25, 0.3) is 33.1 Å². The Balaban J connectivity index is 1.45. The van der Waals surface area contributed by atoms with Gasteiger partial charge in [0.15, 0.2) is 5.11 Å². The molecule has 0 bridgehead atoms. The fourth-order valence-corrected chi connectivity index (χ4v) is 4.00. The van der Waals surface area contributed by atoms with Crippen LogP contribution in [0, 0.1) is 6.92 Å². The second-order valence-corrected chi connectivity index (χ2v) is 8.13. The molecule has 0 atom stereocenters. The first-order valence-electron chi connectivity index (χ1n) is 10.5. The van der Waals surface area contributed by atoms with Crippen LogP contribution in [0.1, 0.15) is 16.1 Å². The first kappa shape index (κ1) is 20.7. The zero-order valence-corrected chi connectivity index (χ0v) is 18.7. The van der Waals surface area contributed by atoms with Crippen LogP contribution in [-0.2, 0) is 0 Å². The lowest BCUT2D eigenvalue weighted by molar-refractivity contribution is 0.0939. The molecule has 0 saturated heterocycles. The molecule has 0 saturated carbocycles. The number of para-hydroxylation sites is 1. The first-order valence-corrected chi connectivity index (χ1v) is 10.9. The summed E-state index contributed by atoms with van der Waals surface area (Å²) in [5.41, 5.74) is 11.2. The van der Waals surface area contributed by atoms with E-state index < -0.39 is 0 Å². The highest BCUT2D eigenvalue weighted by molar-refractivity contribution is 7.80. The van der Waals surface area contributed by atoms with Crippen LogP contribution in [0.5, 0.6) is 0 Å². The molecule has 7 heteroatoms. The van der Waals surface area contributed by atoms with E-state index in [9.17, 15) is 4.79 Å². The third kappa shape index (κ3) is 4.26. The highest BCUT2D eigenvalue weighted by Crippen LogP contribution is 2.32. The number of carbonyl (C=O) groups is 1. The molecule has 0 aliphatic heterocycles. The summed E-state index contributed by atoms with van der Waals surface area (Å²) in [4.78, 5) is 21.2. The third-order valence-electron chi connectivity index (χ3n) is 5.34. The Labute approximate surface area is 196 Å². The van der Waals surface area contributed by atoms with Crippen molar-refractivity contribution in [1.29, 1.82) is 0 Å². The number of aromatic amines is 1. The van der Waals surface area contributed by atoms with Crippen molar-refractivity contribution in [3.05, 3.63) is 96.2 Å². The van der Waals surface area contributed by atoms with Gasteiger partial charge in [-0.2, -0.15) is 0 Å². The van der Waals surface area contributed by atoms with Crippen LogP contribution in [0.3, 0.4) is 0 Å². The van der Waals surface area contributed by atoms with Gasteiger partial charge in [-0.25, -0.2) is 4.98 Å². The average molecular weight is 452 g/mol. The van der Waals surface area contributed by atoms with Crippen molar-refractivity contribution in [2.75, 3.05) is 5.32 Å². The number of rotatable bonds is 3. The van der Waals surface area contributed by atoms with Gasteiger partial charge in [0.1, 0.15) is 5.69 Å². The lowest BCUT2D eigenvalue weighted by Crippen LogP contribution is -2.44. The third-order valence-corrected chi connectivity index (χ3v) is 5.55. The molecule has 0 aliphatic carbocycles.